The predicted molar refractivity (Wildman–Crippen MR) is 63.5 cm³/mol. The zero-order valence-electron chi connectivity index (χ0n) is 8.30. The maximum absolute atomic E-state index is 6.06. The molecule has 0 unspecified atom stereocenters. The Labute approximate surface area is 97.8 Å². The van der Waals surface area contributed by atoms with Gasteiger partial charge in [-0.3, -0.25) is 0 Å². The first kappa shape index (κ1) is 10.7. The number of fused-ring (bicyclic) bond motifs is 1. The third-order valence-corrected chi connectivity index (χ3v) is 2.87. The van der Waals surface area contributed by atoms with E-state index < -0.39 is 0 Å². The molecule has 2 N–H and O–H groups in total. The molecular formula is C10H11Cl2N3. The van der Waals surface area contributed by atoms with Crippen LogP contribution < -0.4 is 5.73 Å². The SMILES string of the molecule is Cn1c(CCN)nc2c(Cl)cc(Cl)cc21. The Kier molecular flexibility index (Phi) is 2.87. The van der Waals surface area contributed by atoms with Gasteiger partial charge in [0.1, 0.15) is 11.3 Å². The van der Waals surface area contributed by atoms with Crippen molar-refractivity contribution < 1.29 is 0 Å². The van der Waals surface area contributed by atoms with Gasteiger partial charge in [-0.05, 0) is 18.7 Å². The zero-order chi connectivity index (χ0) is 11.0. The summed E-state index contributed by atoms with van der Waals surface area (Å²) in [5.74, 6) is 0.927. The molecule has 5 heteroatoms. The largest absolute Gasteiger partial charge is 0.331 e. The highest BCUT2D eigenvalue weighted by Crippen LogP contribution is 2.27. The van der Waals surface area contributed by atoms with Crippen molar-refractivity contribution in [3.8, 4) is 0 Å². The molecule has 0 radical (unpaired) electrons. The lowest BCUT2D eigenvalue weighted by atomic mass is 10.3. The van der Waals surface area contributed by atoms with Crippen LogP contribution in [-0.4, -0.2) is 16.1 Å². The molecule has 0 bridgehead atoms. The van der Waals surface area contributed by atoms with Gasteiger partial charge in [-0.2, -0.15) is 0 Å². The third kappa shape index (κ3) is 1.83. The van der Waals surface area contributed by atoms with Gasteiger partial charge in [-0.15, -0.1) is 0 Å². The quantitative estimate of drug-likeness (QED) is 0.881. The van der Waals surface area contributed by atoms with Gasteiger partial charge in [0.05, 0.1) is 10.5 Å². The number of rotatable bonds is 2. The average Bonchev–Trinajstić information content (AvgIpc) is 2.47. The van der Waals surface area contributed by atoms with Gasteiger partial charge < -0.3 is 10.3 Å². The van der Waals surface area contributed by atoms with Crippen LogP contribution in [0, 0.1) is 0 Å². The van der Waals surface area contributed by atoms with Gasteiger partial charge in [-0.25, -0.2) is 4.98 Å². The zero-order valence-corrected chi connectivity index (χ0v) is 9.81. The van der Waals surface area contributed by atoms with E-state index in [0.29, 0.717) is 16.6 Å². The van der Waals surface area contributed by atoms with E-state index in [2.05, 4.69) is 4.98 Å². The second-order valence-corrected chi connectivity index (χ2v) is 4.22. The Morgan fingerprint density at radius 1 is 1.40 bits per heavy atom. The Morgan fingerprint density at radius 2 is 2.13 bits per heavy atom. The number of aromatic nitrogens is 2. The molecule has 15 heavy (non-hydrogen) atoms. The molecule has 0 fully saturated rings. The number of hydrogen-bond donors (Lipinski definition) is 1. The van der Waals surface area contributed by atoms with Crippen LogP contribution in [-0.2, 0) is 13.5 Å². The molecule has 0 aliphatic carbocycles. The Morgan fingerprint density at radius 3 is 2.80 bits per heavy atom. The van der Waals surface area contributed by atoms with Crippen LogP contribution in [0.2, 0.25) is 10.0 Å². The molecule has 1 aromatic carbocycles. The van der Waals surface area contributed by atoms with Crippen LogP contribution >= 0.6 is 23.2 Å². The minimum absolute atomic E-state index is 0.572. The van der Waals surface area contributed by atoms with Crippen molar-refractivity contribution in [3.05, 3.63) is 28.0 Å². The summed E-state index contributed by atoms with van der Waals surface area (Å²) in [5, 5.41) is 1.20. The Balaban J connectivity index is 2.70. The van der Waals surface area contributed by atoms with Gasteiger partial charge in [0.2, 0.25) is 0 Å². The summed E-state index contributed by atoms with van der Waals surface area (Å²) in [7, 11) is 1.94. The number of imidazole rings is 1. The fourth-order valence-electron chi connectivity index (χ4n) is 1.61. The van der Waals surface area contributed by atoms with Crippen LogP contribution in [0.25, 0.3) is 11.0 Å². The van der Waals surface area contributed by atoms with E-state index in [0.717, 1.165) is 23.3 Å². The molecule has 2 aromatic rings. The molecule has 0 atom stereocenters. The lowest BCUT2D eigenvalue weighted by molar-refractivity contribution is 0.794. The Hall–Kier alpha value is -0.770. The number of hydrogen-bond acceptors (Lipinski definition) is 2. The highest BCUT2D eigenvalue weighted by atomic mass is 35.5. The van der Waals surface area contributed by atoms with Gasteiger partial charge in [0.25, 0.3) is 0 Å². The van der Waals surface area contributed by atoms with E-state index in [1.165, 1.54) is 0 Å². The van der Waals surface area contributed by atoms with Gasteiger partial charge in [0.15, 0.2) is 0 Å². The first-order chi connectivity index (χ1) is 7.13. The van der Waals surface area contributed by atoms with E-state index in [4.69, 9.17) is 28.9 Å². The molecule has 0 amide bonds. The third-order valence-electron chi connectivity index (χ3n) is 2.37. The number of nitrogens with two attached hydrogens (primary N) is 1. The van der Waals surface area contributed by atoms with Crippen molar-refractivity contribution in [1.82, 2.24) is 9.55 Å². The van der Waals surface area contributed by atoms with E-state index in [1.54, 1.807) is 6.07 Å². The summed E-state index contributed by atoms with van der Waals surface area (Å²) in [6, 6.07) is 3.56. The van der Waals surface area contributed by atoms with E-state index in [9.17, 15) is 0 Å². The molecule has 0 saturated heterocycles. The lowest BCUT2D eigenvalue weighted by Gasteiger charge is -2.00. The van der Waals surface area contributed by atoms with Crippen LogP contribution in [0.5, 0.6) is 0 Å². The summed E-state index contributed by atoms with van der Waals surface area (Å²) >= 11 is 12.0. The first-order valence-corrected chi connectivity index (χ1v) is 5.39. The molecule has 1 aromatic heterocycles. The maximum atomic E-state index is 6.06. The fraction of sp³-hybridized carbons (Fsp3) is 0.300. The van der Waals surface area contributed by atoms with Crippen molar-refractivity contribution in [2.45, 2.75) is 6.42 Å². The second-order valence-electron chi connectivity index (χ2n) is 3.38. The van der Waals surface area contributed by atoms with Crippen molar-refractivity contribution in [2.75, 3.05) is 6.54 Å². The van der Waals surface area contributed by atoms with Gasteiger partial charge >= 0.3 is 0 Å². The molecule has 80 valence electrons. The highest BCUT2D eigenvalue weighted by Gasteiger charge is 2.10. The van der Waals surface area contributed by atoms with Crippen LogP contribution in [0.3, 0.4) is 0 Å². The van der Waals surface area contributed by atoms with Gasteiger partial charge in [0, 0.05) is 18.5 Å². The van der Waals surface area contributed by atoms with Crippen molar-refractivity contribution >= 4 is 34.2 Å². The van der Waals surface area contributed by atoms with Crippen LogP contribution in [0.15, 0.2) is 12.1 Å². The predicted octanol–water partition coefficient (Wildman–Crippen LogP) is 2.38. The smallest absolute Gasteiger partial charge is 0.110 e. The summed E-state index contributed by atoms with van der Waals surface area (Å²) in [6.45, 7) is 0.572. The first-order valence-electron chi connectivity index (χ1n) is 4.64. The molecule has 0 aliphatic rings. The lowest BCUT2D eigenvalue weighted by Crippen LogP contribution is -2.07. The van der Waals surface area contributed by atoms with E-state index in [1.807, 2.05) is 17.7 Å². The Bertz CT molecular complexity index is 505. The maximum Gasteiger partial charge on any atom is 0.110 e. The monoisotopic (exact) mass is 243 g/mol. The summed E-state index contributed by atoms with van der Waals surface area (Å²) in [4.78, 5) is 4.44. The molecule has 2 rings (SSSR count). The number of halogens is 2. The molecule has 0 spiro atoms. The van der Waals surface area contributed by atoms with Crippen molar-refractivity contribution in [1.29, 1.82) is 0 Å². The summed E-state index contributed by atoms with van der Waals surface area (Å²) < 4.78 is 1.97. The number of nitrogens with zero attached hydrogens (tertiary/aromatic N) is 2. The normalized spacial score (nSPS) is 11.2. The van der Waals surface area contributed by atoms with Crippen molar-refractivity contribution in [3.63, 3.8) is 0 Å². The average molecular weight is 244 g/mol. The van der Waals surface area contributed by atoms with Gasteiger partial charge in [-0.1, -0.05) is 23.2 Å². The molecule has 1 heterocycles. The molecule has 0 aliphatic heterocycles. The molecular weight excluding hydrogens is 233 g/mol. The summed E-state index contributed by atoms with van der Waals surface area (Å²) in [5.41, 5.74) is 7.23. The van der Waals surface area contributed by atoms with E-state index >= 15 is 0 Å². The van der Waals surface area contributed by atoms with Crippen LogP contribution in [0.1, 0.15) is 5.82 Å². The minimum Gasteiger partial charge on any atom is -0.331 e. The fourth-order valence-corrected chi connectivity index (χ4v) is 2.14. The second kappa shape index (κ2) is 4.00. The highest BCUT2D eigenvalue weighted by molar-refractivity contribution is 6.38. The molecule has 0 saturated carbocycles. The number of aryl methyl sites for hydroxylation is 1. The standard InChI is InChI=1S/C10H11Cl2N3/c1-15-8-5-6(11)4-7(12)10(8)14-9(15)2-3-13/h4-5H,2-3,13H2,1H3. The van der Waals surface area contributed by atoms with Crippen molar-refractivity contribution in [2.24, 2.45) is 12.8 Å². The van der Waals surface area contributed by atoms with E-state index in [-0.39, 0.29) is 0 Å². The summed E-state index contributed by atoms with van der Waals surface area (Å²) in [6.07, 6.45) is 0.735. The molecule has 3 nitrogen and oxygen atoms in total. The van der Waals surface area contributed by atoms with Crippen LogP contribution in [0.4, 0.5) is 0 Å². The number of benzene rings is 1. The topological polar surface area (TPSA) is 43.8 Å². The minimum atomic E-state index is 0.572.